The van der Waals surface area contributed by atoms with Crippen LogP contribution in [0.4, 0.5) is 0 Å². The van der Waals surface area contributed by atoms with Gasteiger partial charge in [0.05, 0.1) is 4.87 Å². The summed E-state index contributed by atoms with van der Waals surface area (Å²) in [5.41, 5.74) is 8.53. The predicted octanol–water partition coefficient (Wildman–Crippen LogP) is 7.64. The molecule has 156 valence electrons. The van der Waals surface area contributed by atoms with Crippen molar-refractivity contribution in [3.05, 3.63) is 52.6 Å². The third kappa shape index (κ3) is 2.11. The molecule has 10 rings (SSSR count). The number of allylic oxidation sites excluding steroid dienone is 4. The standard InChI is InChI=1S/C29H33Cl/c30-29-24-14-18-7-19(15-24)13-23(12-18)28(29)26-22-10-16-6-17(11-22)9-21(8-16)25(26)27(29)20-4-2-1-3-5-20/h1-5,16-19,21-24H,6-15H2/t16-,17+,18-,19+,21?,22?,23?,24?,29-/m1/s1. The van der Waals surface area contributed by atoms with E-state index in [1.807, 2.05) is 5.57 Å². The summed E-state index contributed by atoms with van der Waals surface area (Å²) in [7, 11) is 0. The van der Waals surface area contributed by atoms with Crippen molar-refractivity contribution in [1.29, 1.82) is 0 Å². The summed E-state index contributed by atoms with van der Waals surface area (Å²) in [6, 6.07) is 11.5. The van der Waals surface area contributed by atoms with Gasteiger partial charge in [0.25, 0.3) is 0 Å². The minimum absolute atomic E-state index is 0.185. The quantitative estimate of drug-likeness (QED) is 0.412. The van der Waals surface area contributed by atoms with Gasteiger partial charge in [0, 0.05) is 0 Å². The topological polar surface area (TPSA) is 0 Å². The molecule has 0 aromatic heterocycles. The van der Waals surface area contributed by atoms with Crippen LogP contribution in [-0.4, -0.2) is 4.87 Å². The van der Waals surface area contributed by atoms with E-state index >= 15 is 0 Å². The molecular weight excluding hydrogens is 384 g/mol. The molecule has 9 aliphatic carbocycles. The van der Waals surface area contributed by atoms with Crippen molar-refractivity contribution >= 4 is 17.2 Å². The summed E-state index contributed by atoms with van der Waals surface area (Å²) in [4.78, 5) is -0.185. The van der Waals surface area contributed by atoms with Gasteiger partial charge in [-0.05, 0) is 139 Å². The molecule has 0 N–H and O–H groups in total. The summed E-state index contributed by atoms with van der Waals surface area (Å²) in [5, 5.41) is 0. The van der Waals surface area contributed by atoms with Crippen LogP contribution in [0, 0.1) is 47.3 Å². The zero-order valence-electron chi connectivity index (χ0n) is 18.0. The van der Waals surface area contributed by atoms with E-state index in [-0.39, 0.29) is 4.87 Å². The van der Waals surface area contributed by atoms with Crippen molar-refractivity contribution in [2.24, 2.45) is 47.3 Å². The molecule has 0 heterocycles. The molecule has 1 aromatic rings. The number of rotatable bonds is 1. The summed E-state index contributed by atoms with van der Waals surface area (Å²) >= 11 is 8.14. The zero-order chi connectivity index (χ0) is 19.6. The van der Waals surface area contributed by atoms with Crippen LogP contribution < -0.4 is 0 Å². The van der Waals surface area contributed by atoms with Crippen molar-refractivity contribution in [3.63, 3.8) is 0 Å². The molecule has 30 heavy (non-hydrogen) atoms. The van der Waals surface area contributed by atoms with Crippen LogP contribution >= 0.6 is 11.6 Å². The van der Waals surface area contributed by atoms with Gasteiger partial charge in [0.2, 0.25) is 0 Å². The Morgan fingerprint density at radius 3 is 1.77 bits per heavy atom. The number of hydrogen-bond acceptors (Lipinski definition) is 0. The Kier molecular flexibility index (Phi) is 3.42. The van der Waals surface area contributed by atoms with E-state index in [1.54, 1.807) is 16.7 Å². The fourth-order valence-corrected chi connectivity index (χ4v) is 11.0. The molecule has 0 radical (unpaired) electrons. The summed E-state index contributed by atoms with van der Waals surface area (Å²) in [6.07, 6.45) is 14.5. The monoisotopic (exact) mass is 416 g/mol. The second kappa shape index (κ2) is 5.86. The van der Waals surface area contributed by atoms with E-state index in [4.69, 9.17) is 11.6 Å². The molecule has 0 aliphatic heterocycles. The van der Waals surface area contributed by atoms with Gasteiger partial charge in [0.1, 0.15) is 0 Å². The van der Waals surface area contributed by atoms with E-state index < -0.39 is 0 Å². The van der Waals surface area contributed by atoms with Gasteiger partial charge in [-0.15, -0.1) is 11.6 Å². The van der Waals surface area contributed by atoms with E-state index in [2.05, 4.69) is 30.3 Å². The maximum Gasteiger partial charge on any atom is 0.0949 e. The Bertz CT molecular complexity index is 957. The molecule has 0 saturated heterocycles. The van der Waals surface area contributed by atoms with Gasteiger partial charge < -0.3 is 0 Å². The molecule has 1 aromatic carbocycles. The largest absolute Gasteiger partial charge is 0.109 e. The Morgan fingerprint density at radius 1 is 0.600 bits per heavy atom. The second-order valence-electron chi connectivity index (χ2n) is 12.3. The highest BCUT2D eigenvalue weighted by atomic mass is 35.5. The van der Waals surface area contributed by atoms with Crippen LogP contribution in [0.3, 0.4) is 0 Å². The van der Waals surface area contributed by atoms with Crippen molar-refractivity contribution < 1.29 is 0 Å². The van der Waals surface area contributed by atoms with Crippen LogP contribution in [0.15, 0.2) is 47.1 Å². The van der Waals surface area contributed by atoms with Crippen molar-refractivity contribution in [1.82, 2.24) is 0 Å². The van der Waals surface area contributed by atoms with Gasteiger partial charge in [-0.25, -0.2) is 0 Å². The molecule has 1 heteroatoms. The summed E-state index contributed by atoms with van der Waals surface area (Å²) in [6.45, 7) is 0. The van der Waals surface area contributed by atoms with E-state index in [1.165, 1.54) is 69.8 Å². The molecule has 8 saturated carbocycles. The fourth-order valence-electron chi connectivity index (χ4n) is 10.3. The van der Waals surface area contributed by atoms with E-state index in [9.17, 15) is 0 Å². The van der Waals surface area contributed by atoms with Crippen LogP contribution in [0.1, 0.15) is 69.8 Å². The number of alkyl halides is 1. The molecule has 0 nitrogen and oxygen atoms in total. The molecule has 9 atom stereocenters. The highest BCUT2D eigenvalue weighted by Gasteiger charge is 2.62. The van der Waals surface area contributed by atoms with Crippen molar-refractivity contribution in [3.8, 4) is 0 Å². The lowest BCUT2D eigenvalue weighted by Crippen LogP contribution is -2.37. The predicted molar refractivity (Wildman–Crippen MR) is 123 cm³/mol. The Balaban J connectivity index is 1.45. The van der Waals surface area contributed by atoms with Crippen LogP contribution in [0.2, 0.25) is 0 Å². The maximum absolute atomic E-state index is 8.14. The fraction of sp³-hybridized carbons (Fsp3) is 0.655. The van der Waals surface area contributed by atoms with Gasteiger partial charge >= 0.3 is 0 Å². The summed E-state index contributed by atoms with van der Waals surface area (Å²) in [5.74, 6) is 6.92. The Hall–Kier alpha value is -1.01. The molecule has 8 bridgehead atoms. The maximum atomic E-state index is 8.14. The van der Waals surface area contributed by atoms with Crippen molar-refractivity contribution in [2.75, 3.05) is 0 Å². The lowest BCUT2D eigenvalue weighted by Gasteiger charge is -2.42. The molecule has 9 aliphatic rings. The minimum Gasteiger partial charge on any atom is -0.109 e. The Morgan fingerprint density at radius 2 is 1.13 bits per heavy atom. The van der Waals surface area contributed by atoms with Crippen molar-refractivity contribution in [2.45, 2.75) is 69.1 Å². The van der Waals surface area contributed by atoms with E-state index in [0.29, 0.717) is 5.92 Å². The smallest absolute Gasteiger partial charge is 0.0949 e. The van der Waals surface area contributed by atoms with E-state index in [0.717, 1.165) is 41.4 Å². The molecule has 0 spiro atoms. The number of hydrogen-bond donors (Lipinski definition) is 0. The molecule has 8 fully saturated rings. The first-order valence-corrected chi connectivity index (χ1v) is 13.3. The molecular formula is C29H33Cl. The third-order valence-electron chi connectivity index (χ3n) is 10.7. The highest BCUT2D eigenvalue weighted by Crippen LogP contribution is 2.71. The van der Waals surface area contributed by atoms with Crippen LogP contribution in [-0.2, 0) is 0 Å². The zero-order valence-corrected chi connectivity index (χ0v) is 18.7. The molecule has 0 amide bonds. The average Bonchev–Trinajstić information content (AvgIpc) is 2.82. The summed E-state index contributed by atoms with van der Waals surface area (Å²) < 4.78 is 0. The lowest BCUT2D eigenvalue weighted by atomic mass is 9.65. The number of halogens is 1. The Labute approximate surface area is 186 Å². The first-order chi connectivity index (χ1) is 14.7. The normalized spacial score (nSPS) is 50.0. The average molecular weight is 417 g/mol. The molecule has 4 unspecified atom stereocenters. The number of benzene rings is 1. The van der Waals surface area contributed by atoms with Gasteiger partial charge in [-0.2, -0.15) is 0 Å². The van der Waals surface area contributed by atoms with Gasteiger partial charge in [-0.3, -0.25) is 0 Å². The van der Waals surface area contributed by atoms with Gasteiger partial charge in [-0.1, -0.05) is 30.3 Å². The minimum atomic E-state index is -0.185. The highest BCUT2D eigenvalue weighted by molar-refractivity contribution is 6.34. The first kappa shape index (κ1) is 17.5. The third-order valence-corrected chi connectivity index (χ3v) is 11.4. The van der Waals surface area contributed by atoms with Gasteiger partial charge in [0.15, 0.2) is 0 Å². The van der Waals surface area contributed by atoms with Crippen LogP contribution in [0.25, 0.3) is 5.57 Å². The second-order valence-corrected chi connectivity index (χ2v) is 12.9. The van der Waals surface area contributed by atoms with Crippen LogP contribution in [0.5, 0.6) is 0 Å². The lowest BCUT2D eigenvalue weighted by molar-refractivity contribution is 0.134. The SMILES string of the molecule is Cl[C@]12C(c3ccccc3)=C3C(=C1C1C[C@@H]4CC2C[C@H](C1)C4)C1C[C@H]2CC3C[C@@H](C1)C2. The first-order valence-electron chi connectivity index (χ1n) is 12.9.